The molecule has 23 heavy (non-hydrogen) atoms. The quantitative estimate of drug-likeness (QED) is 0.516. The molecule has 1 aromatic carbocycles. The SMILES string of the molecule is Cn1c(=O)[nH]c(=O)c2c1nc(Br)n2CC(=O)c1ccc(O)cc1. The van der Waals surface area contributed by atoms with Crippen molar-refractivity contribution in [1.82, 2.24) is 19.1 Å². The van der Waals surface area contributed by atoms with Crippen molar-refractivity contribution in [1.29, 1.82) is 0 Å². The number of phenolic OH excluding ortho intramolecular Hbond substituents is 1. The van der Waals surface area contributed by atoms with Crippen LogP contribution in [0.2, 0.25) is 0 Å². The summed E-state index contributed by atoms with van der Waals surface area (Å²) >= 11 is 3.21. The number of fused-ring (bicyclic) bond motifs is 1. The monoisotopic (exact) mass is 378 g/mol. The summed E-state index contributed by atoms with van der Waals surface area (Å²) < 4.78 is 2.86. The number of aromatic amines is 1. The van der Waals surface area contributed by atoms with Crippen molar-refractivity contribution in [3.63, 3.8) is 0 Å². The Kier molecular flexibility index (Phi) is 3.64. The molecule has 0 atom stereocenters. The minimum Gasteiger partial charge on any atom is -0.508 e. The molecule has 0 aliphatic carbocycles. The molecule has 0 aliphatic rings. The lowest BCUT2D eigenvalue weighted by Crippen LogP contribution is -2.29. The number of rotatable bonds is 3. The number of aromatic hydroxyl groups is 1. The fraction of sp³-hybridized carbons (Fsp3) is 0.143. The molecule has 3 rings (SSSR count). The molecule has 0 bridgehead atoms. The van der Waals surface area contributed by atoms with Crippen LogP contribution in [0.15, 0.2) is 38.6 Å². The highest BCUT2D eigenvalue weighted by Crippen LogP contribution is 2.17. The highest BCUT2D eigenvalue weighted by molar-refractivity contribution is 9.10. The first-order valence-electron chi connectivity index (χ1n) is 6.55. The van der Waals surface area contributed by atoms with Gasteiger partial charge in [-0.3, -0.25) is 19.1 Å². The maximum Gasteiger partial charge on any atom is 0.329 e. The summed E-state index contributed by atoms with van der Waals surface area (Å²) in [6, 6.07) is 5.80. The molecular formula is C14H11BrN4O4. The molecule has 0 aliphatic heterocycles. The van der Waals surface area contributed by atoms with Gasteiger partial charge in [0.25, 0.3) is 5.56 Å². The molecule has 8 nitrogen and oxygen atoms in total. The second kappa shape index (κ2) is 5.51. The molecule has 2 N–H and O–H groups in total. The topological polar surface area (TPSA) is 110 Å². The Bertz CT molecular complexity index is 1030. The lowest BCUT2D eigenvalue weighted by molar-refractivity contribution is 0.0972. The van der Waals surface area contributed by atoms with Crippen molar-refractivity contribution < 1.29 is 9.90 Å². The van der Waals surface area contributed by atoms with Gasteiger partial charge < -0.3 is 9.67 Å². The number of Topliss-reactive ketones (excluding diaryl/α,β-unsaturated/α-hetero) is 1. The van der Waals surface area contributed by atoms with Crippen molar-refractivity contribution in [3.05, 3.63) is 55.4 Å². The van der Waals surface area contributed by atoms with E-state index in [2.05, 4.69) is 25.9 Å². The van der Waals surface area contributed by atoms with Crippen LogP contribution in [0.25, 0.3) is 11.2 Å². The first-order chi connectivity index (χ1) is 10.9. The number of aromatic nitrogens is 4. The fourth-order valence-corrected chi connectivity index (χ4v) is 2.71. The third-order valence-corrected chi connectivity index (χ3v) is 4.06. The van der Waals surface area contributed by atoms with Gasteiger partial charge in [-0.05, 0) is 40.2 Å². The lowest BCUT2D eigenvalue weighted by Gasteiger charge is -2.05. The maximum atomic E-state index is 12.4. The number of halogens is 1. The second-order valence-electron chi connectivity index (χ2n) is 4.93. The zero-order chi connectivity index (χ0) is 16.7. The van der Waals surface area contributed by atoms with E-state index in [4.69, 9.17) is 0 Å². The predicted molar refractivity (Wildman–Crippen MR) is 85.7 cm³/mol. The first kappa shape index (κ1) is 15.2. The average Bonchev–Trinajstić information content (AvgIpc) is 2.83. The summed E-state index contributed by atoms with van der Waals surface area (Å²) in [6.07, 6.45) is 0. The zero-order valence-electron chi connectivity index (χ0n) is 11.9. The van der Waals surface area contributed by atoms with Crippen molar-refractivity contribution in [2.24, 2.45) is 7.05 Å². The van der Waals surface area contributed by atoms with Gasteiger partial charge in [0.2, 0.25) is 0 Å². The molecule has 2 heterocycles. The molecule has 3 aromatic rings. The molecule has 9 heteroatoms. The van der Waals surface area contributed by atoms with Crippen LogP contribution in [0.4, 0.5) is 0 Å². The number of carbonyl (C=O) groups excluding carboxylic acids is 1. The van der Waals surface area contributed by atoms with E-state index >= 15 is 0 Å². The molecule has 2 aromatic heterocycles. The molecule has 118 valence electrons. The van der Waals surface area contributed by atoms with Gasteiger partial charge >= 0.3 is 5.69 Å². The third-order valence-electron chi connectivity index (χ3n) is 3.45. The van der Waals surface area contributed by atoms with Crippen molar-refractivity contribution >= 4 is 32.9 Å². The molecular weight excluding hydrogens is 368 g/mol. The fourth-order valence-electron chi connectivity index (χ4n) is 2.23. The molecule has 0 radical (unpaired) electrons. The summed E-state index contributed by atoms with van der Waals surface area (Å²) in [5.41, 5.74) is -0.489. The normalized spacial score (nSPS) is 11.0. The van der Waals surface area contributed by atoms with Gasteiger partial charge in [0, 0.05) is 12.6 Å². The van der Waals surface area contributed by atoms with Crippen molar-refractivity contribution in [2.45, 2.75) is 6.54 Å². The number of imidazole rings is 1. The van der Waals surface area contributed by atoms with E-state index in [-0.39, 0.29) is 34.0 Å². The smallest absolute Gasteiger partial charge is 0.329 e. The van der Waals surface area contributed by atoms with Crippen LogP contribution in [0.1, 0.15) is 10.4 Å². The Morgan fingerprint density at radius 1 is 1.30 bits per heavy atom. The van der Waals surface area contributed by atoms with Gasteiger partial charge in [-0.2, -0.15) is 0 Å². The van der Waals surface area contributed by atoms with Gasteiger partial charge in [-0.15, -0.1) is 0 Å². The molecule has 0 saturated carbocycles. The number of phenols is 1. The number of hydrogen-bond acceptors (Lipinski definition) is 5. The van der Waals surface area contributed by atoms with Gasteiger partial charge in [0.05, 0.1) is 6.54 Å². The second-order valence-corrected chi connectivity index (χ2v) is 5.64. The van der Waals surface area contributed by atoms with Gasteiger partial charge in [0.1, 0.15) is 5.75 Å². The van der Waals surface area contributed by atoms with E-state index in [1.54, 1.807) is 0 Å². The Morgan fingerprint density at radius 2 is 1.96 bits per heavy atom. The zero-order valence-corrected chi connectivity index (χ0v) is 13.5. The van der Waals surface area contributed by atoms with Crippen molar-refractivity contribution in [3.8, 4) is 5.75 Å². The number of nitrogens with one attached hydrogen (secondary N) is 1. The highest BCUT2D eigenvalue weighted by Gasteiger charge is 2.18. The largest absolute Gasteiger partial charge is 0.508 e. The minimum absolute atomic E-state index is 0.0576. The summed E-state index contributed by atoms with van der Waals surface area (Å²) in [7, 11) is 1.48. The van der Waals surface area contributed by atoms with Gasteiger partial charge in [-0.1, -0.05) is 0 Å². The average molecular weight is 379 g/mol. The first-order valence-corrected chi connectivity index (χ1v) is 7.35. The number of nitrogens with zero attached hydrogens (tertiary/aromatic N) is 3. The summed E-state index contributed by atoms with van der Waals surface area (Å²) in [5.74, 6) is -0.208. The van der Waals surface area contributed by atoms with Crippen LogP contribution in [0, 0.1) is 0 Å². The lowest BCUT2D eigenvalue weighted by atomic mass is 10.1. The number of aryl methyl sites for hydroxylation is 1. The van der Waals surface area contributed by atoms with E-state index in [9.17, 15) is 19.5 Å². The summed E-state index contributed by atoms with van der Waals surface area (Å²) in [4.78, 5) is 42.3. The molecule has 0 amide bonds. The number of benzene rings is 1. The number of hydrogen-bond donors (Lipinski definition) is 2. The van der Waals surface area contributed by atoms with E-state index in [0.29, 0.717) is 5.56 Å². The Hall–Kier alpha value is -2.68. The number of H-pyrrole nitrogens is 1. The van der Waals surface area contributed by atoms with Gasteiger partial charge in [-0.25, -0.2) is 9.78 Å². The maximum absolute atomic E-state index is 12.4. The number of ketones is 1. The predicted octanol–water partition coefficient (Wildman–Crippen LogP) is 0.774. The standard InChI is InChI=1S/C14H11BrN4O4/c1-18-11-10(12(22)17-14(18)23)19(13(15)16-11)6-9(21)7-2-4-8(20)5-3-7/h2-5,20H,6H2,1H3,(H,17,22,23). The van der Waals surface area contributed by atoms with Crippen LogP contribution >= 0.6 is 15.9 Å². The summed E-state index contributed by atoms with van der Waals surface area (Å²) in [6.45, 7) is -0.136. The summed E-state index contributed by atoms with van der Waals surface area (Å²) in [5, 5.41) is 9.26. The van der Waals surface area contributed by atoms with Crippen LogP contribution in [0.5, 0.6) is 5.75 Å². The third kappa shape index (κ3) is 2.59. The minimum atomic E-state index is -0.611. The van der Waals surface area contributed by atoms with Crippen LogP contribution < -0.4 is 11.2 Å². The molecule has 0 fully saturated rings. The van der Waals surface area contributed by atoms with E-state index < -0.39 is 11.2 Å². The van der Waals surface area contributed by atoms with Crippen LogP contribution in [-0.2, 0) is 13.6 Å². The van der Waals surface area contributed by atoms with Crippen LogP contribution in [-0.4, -0.2) is 30.0 Å². The van der Waals surface area contributed by atoms with Gasteiger partial charge in [0.15, 0.2) is 21.7 Å². The van der Waals surface area contributed by atoms with E-state index in [1.807, 2.05) is 0 Å². The van der Waals surface area contributed by atoms with E-state index in [1.165, 1.54) is 40.4 Å². The Morgan fingerprint density at radius 3 is 2.61 bits per heavy atom. The molecule has 0 unspecified atom stereocenters. The molecule has 0 spiro atoms. The highest BCUT2D eigenvalue weighted by atomic mass is 79.9. The van der Waals surface area contributed by atoms with E-state index in [0.717, 1.165) is 0 Å². The Balaban J connectivity index is 2.10. The van der Waals surface area contributed by atoms with Crippen LogP contribution in [0.3, 0.4) is 0 Å². The van der Waals surface area contributed by atoms with Crippen molar-refractivity contribution in [2.75, 3.05) is 0 Å². The molecule has 0 saturated heterocycles. The Labute approximate surface area is 137 Å². The number of carbonyl (C=O) groups is 1.